The Morgan fingerprint density at radius 1 is 1.41 bits per heavy atom. The van der Waals surface area contributed by atoms with Crippen LogP contribution in [0.3, 0.4) is 0 Å². The Labute approximate surface area is 103 Å². The minimum atomic E-state index is 0.111. The number of nitrogens with one attached hydrogen (secondary N) is 1. The van der Waals surface area contributed by atoms with Gasteiger partial charge in [0.05, 0.1) is 0 Å². The minimum absolute atomic E-state index is 0.111. The molecule has 0 unspecified atom stereocenters. The molecule has 0 aliphatic carbocycles. The van der Waals surface area contributed by atoms with Crippen LogP contribution in [0.1, 0.15) is 30.6 Å². The van der Waals surface area contributed by atoms with E-state index in [2.05, 4.69) is 41.2 Å². The number of nitrogens with zero attached hydrogens (tertiary/aromatic N) is 2. The van der Waals surface area contributed by atoms with Crippen molar-refractivity contribution >= 4 is 5.82 Å². The van der Waals surface area contributed by atoms with Crippen LogP contribution in [0.2, 0.25) is 0 Å². The Bertz CT molecular complexity index is 372. The van der Waals surface area contributed by atoms with Crippen molar-refractivity contribution in [3.05, 3.63) is 23.4 Å². The van der Waals surface area contributed by atoms with Crippen molar-refractivity contribution in [1.82, 2.24) is 10.3 Å². The molecule has 1 aliphatic heterocycles. The van der Waals surface area contributed by atoms with Crippen molar-refractivity contribution in [2.75, 3.05) is 31.1 Å². The number of pyridine rings is 1. The number of nitrogens with two attached hydrogens (primary N) is 1. The Hall–Kier alpha value is -1.13. The van der Waals surface area contributed by atoms with Crippen LogP contribution in [0.5, 0.6) is 0 Å². The molecule has 0 radical (unpaired) electrons. The van der Waals surface area contributed by atoms with Crippen molar-refractivity contribution < 1.29 is 0 Å². The average Bonchev–Trinajstić information content (AvgIpc) is 2.39. The summed E-state index contributed by atoms with van der Waals surface area (Å²) in [5, 5.41) is 3.35. The molecular weight excluding hydrogens is 212 g/mol. The van der Waals surface area contributed by atoms with Crippen molar-refractivity contribution in [2.45, 2.75) is 26.3 Å². The standard InChI is InChI=1S/C13H22N4/c1-3-12(14)11-4-5-13(16-10(11)2)17-8-6-15-7-9-17/h4-5,12,15H,3,6-9,14H2,1-2H3/t12-/m0/s1. The fourth-order valence-corrected chi connectivity index (χ4v) is 2.24. The second kappa shape index (κ2) is 5.47. The third-order valence-electron chi connectivity index (χ3n) is 3.39. The van der Waals surface area contributed by atoms with E-state index in [1.807, 2.05) is 0 Å². The average molecular weight is 234 g/mol. The van der Waals surface area contributed by atoms with Gasteiger partial charge in [0, 0.05) is 37.9 Å². The lowest BCUT2D eigenvalue weighted by Crippen LogP contribution is -2.44. The first kappa shape index (κ1) is 12.3. The highest BCUT2D eigenvalue weighted by molar-refractivity contribution is 5.42. The lowest BCUT2D eigenvalue weighted by atomic mass is 10.0. The number of hydrogen-bond donors (Lipinski definition) is 2. The van der Waals surface area contributed by atoms with E-state index in [0.29, 0.717) is 0 Å². The van der Waals surface area contributed by atoms with Gasteiger partial charge in [-0.05, 0) is 25.0 Å². The molecule has 1 atom stereocenters. The SMILES string of the molecule is CC[C@H](N)c1ccc(N2CCNCC2)nc1C. The summed E-state index contributed by atoms with van der Waals surface area (Å²) < 4.78 is 0. The zero-order chi connectivity index (χ0) is 12.3. The van der Waals surface area contributed by atoms with E-state index in [0.717, 1.165) is 44.1 Å². The maximum atomic E-state index is 6.06. The van der Waals surface area contributed by atoms with Crippen molar-refractivity contribution in [3.8, 4) is 0 Å². The third-order valence-corrected chi connectivity index (χ3v) is 3.39. The highest BCUT2D eigenvalue weighted by atomic mass is 15.2. The predicted octanol–water partition coefficient (Wildman–Crippen LogP) is 1.21. The molecule has 0 amide bonds. The number of hydrogen-bond acceptors (Lipinski definition) is 4. The highest BCUT2D eigenvalue weighted by Crippen LogP contribution is 2.20. The van der Waals surface area contributed by atoms with Gasteiger partial charge in [-0.1, -0.05) is 13.0 Å². The molecule has 1 fully saturated rings. The molecule has 17 heavy (non-hydrogen) atoms. The van der Waals surface area contributed by atoms with Crippen LogP contribution < -0.4 is 16.0 Å². The molecule has 1 aliphatic rings. The molecule has 4 nitrogen and oxygen atoms in total. The zero-order valence-electron chi connectivity index (χ0n) is 10.7. The van der Waals surface area contributed by atoms with Crippen molar-refractivity contribution in [2.24, 2.45) is 5.73 Å². The maximum absolute atomic E-state index is 6.06. The first-order chi connectivity index (χ1) is 8.22. The second-order valence-corrected chi connectivity index (χ2v) is 4.60. The summed E-state index contributed by atoms with van der Waals surface area (Å²) in [6.45, 7) is 8.30. The number of piperazine rings is 1. The monoisotopic (exact) mass is 234 g/mol. The smallest absolute Gasteiger partial charge is 0.128 e. The highest BCUT2D eigenvalue weighted by Gasteiger charge is 2.14. The first-order valence-electron chi connectivity index (χ1n) is 6.41. The predicted molar refractivity (Wildman–Crippen MR) is 71.3 cm³/mol. The molecule has 0 spiro atoms. The van der Waals surface area contributed by atoms with E-state index in [1.54, 1.807) is 0 Å². The Kier molecular flexibility index (Phi) is 3.97. The summed E-state index contributed by atoms with van der Waals surface area (Å²) in [5.41, 5.74) is 8.30. The summed E-state index contributed by atoms with van der Waals surface area (Å²) in [5.74, 6) is 1.08. The van der Waals surface area contributed by atoms with E-state index in [9.17, 15) is 0 Å². The third kappa shape index (κ3) is 2.76. The topological polar surface area (TPSA) is 54.2 Å². The van der Waals surface area contributed by atoms with Crippen LogP contribution in [-0.4, -0.2) is 31.2 Å². The molecule has 0 aromatic carbocycles. The van der Waals surface area contributed by atoms with Crippen LogP contribution in [0.4, 0.5) is 5.82 Å². The van der Waals surface area contributed by atoms with Gasteiger partial charge in [-0.15, -0.1) is 0 Å². The quantitative estimate of drug-likeness (QED) is 0.825. The molecule has 1 saturated heterocycles. The second-order valence-electron chi connectivity index (χ2n) is 4.60. The molecule has 4 heteroatoms. The molecule has 1 aromatic rings. The molecule has 3 N–H and O–H groups in total. The molecule has 1 aromatic heterocycles. The van der Waals surface area contributed by atoms with Gasteiger partial charge < -0.3 is 16.0 Å². The normalized spacial score (nSPS) is 18.2. The number of rotatable bonds is 3. The maximum Gasteiger partial charge on any atom is 0.128 e. The van der Waals surface area contributed by atoms with Gasteiger partial charge in [0.25, 0.3) is 0 Å². The van der Waals surface area contributed by atoms with Crippen molar-refractivity contribution in [3.63, 3.8) is 0 Å². The van der Waals surface area contributed by atoms with E-state index in [4.69, 9.17) is 5.73 Å². The van der Waals surface area contributed by atoms with E-state index < -0.39 is 0 Å². The number of aromatic nitrogens is 1. The lowest BCUT2D eigenvalue weighted by molar-refractivity contribution is 0.584. The van der Waals surface area contributed by atoms with Gasteiger partial charge >= 0.3 is 0 Å². The van der Waals surface area contributed by atoms with E-state index in [1.165, 1.54) is 5.56 Å². The van der Waals surface area contributed by atoms with Crippen LogP contribution in [-0.2, 0) is 0 Å². The first-order valence-corrected chi connectivity index (χ1v) is 6.41. The molecule has 0 saturated carbocycles. The fourth-order valence-electron chi connectivity index (χ4n) is 2.24. The molecule has 94 valence electrons. The zero-order valence-corrected chi connectivity index (χ0v) is 10.7. The van der Waals surface area contributed by atoms with E-state index in [-0.39, 0.29) is 6.04 Å². The summed E-state index contributed by atoms with van der Waals surface area (Å²) in [7, 11) is 0. The Morgan fingerprint density at radius 2 is 2.12 bits per heavy atom. The summed E-state index contributed by atoms with van der Waals surface area (Å²) in [6, 6.07) is 4.34. The van der Waals surface area contributed by atoms with Crippen molar-refractivity contribution in [1.29, 1.82) is 0 Å². The number of anilines is 1. The molecule has 2 rings (SSSR count). The van der Waals surface area contributed by atoms with Crippen LogP contribution >= 0.6 is 0 Å². The fraction of sp³-hybridized carbons (Fsp3) is 0.615. The van der Waals surface area contributed by atoms with Gasteiger partial charge in [-0.25, -0.2) is 4.98 Å². The molecule has 2 heterocycles. The Morgan fingerprint density at radius 3 is 2.71 bits per heavy atom. The summed E-state index contributed by atoms with van der Waals surface area (Å²) in [6.07, 6.45) is 0.954. The van der Waals surface area contributed by atoms with Crippen LogP contribution in [0, 0.1) is 6.92 Å². The van der Waals surface area contributed by atoms with Crippen LogP contribution in [0.25, 0.3) is 0 Å². The van der Waals surface area contributed by atoms with Gasteiger partial charge in [0.15, 0.2) is 0 Å². The van der Waals surface area contributed by atoms with Gasteiger partial charge in [-0.3, -0.25) is 0 Å². The molecular formula is C13H22N4. The summed E-state index contributed by atoms with van der Waals surface area (Å²) in [4.78, 5) is 7.01. The number of aryl methyl sites for hydroxylation is 1. The summed E-state index contributed by atoms with van der Waals surface area (Å²) >= 11 is 0. The van der Waals surface area contributed by atoms with E-state index >= 15 is 0 Å². The largest absolute Gasteiger partial charge is 0.354 e. The minimum Gasteiger partial charge on any atom is -0.354 e. The van der Waals surface area contributed by atoms with Crippen LogP contribution in [0.15, 0.2) is 12.1 Å². The lowest BCUT2D eigenvalue weighted by Gasteiger charge is -2.29. The van der Waals surface area contributed by atoms with Gasteiger partial charge in [0.1, 0.15) is 5.82 Å². The van der Waals surface area contributed by atoms with Gasteiger partial charge in [-0.2, -0.15) is 0 Å². The Balaban J connectivity index is 2.17. The van der Waals surface area contributed by atoms with Gasteiger partial charge in [0.2, 0.25) is 0 Å². The molecule has 0 bridgehead atoms.